The fourth-order valence-corrected chi connectivity index (χ4v) is 2.82. The number of nitrogens with one attached hydrogen (secondary N) is 1. The summed E-state index contributed by atoms with van der Waals surface area (Å²) in [6.07, 6.45) is 0. The van der Waals surface area contributed by atoms with Crippen LogP contribution in [0.4, 0.5) is 0 Å². The molecule has 22 heavy (non-hydrogen) atoms. The third-order valence-corrected chi connectivity index (χ3v) is 4.47. The van der Waals surface area contributed by atoms with Crippen LogP contribution in [0.3, 0.4) is 0 Å². The first kappa shape index (κ1) is 17.0. The minimum absolute atomic E-state index is 0.0284. The van der Waals surface area contributed by atoms with Crippen molar-refractivity contribution in [1.29, 1.82) is 0 Å². The van der Waals surface area contributed by atoms with Crippen molar-refractivity contribution in [2.45, 2.75) is 31.2 Å². The number of amides is 1. The van der Waals surface area contributed by atoms with E-state index in [1.165, 1.54) is 11.8 Å². The second-order valence-electron chi connectivity index (χ2n) is 5.25. The van der Waals surface area contributed by atoms with Gasteiger partial charge in [0.1, 0.15) is 0 Å². The Morgan fingerprint density at radius 3 is 2.73 bits per heavy atom. The number of carbonyl (C=O) groups excluding carboxylic acids is 1. The van der Waals surface area contributed by atoms with Gasteiger partial charge in [0.25, 0.3) is 5.22 Å². The van der Waals surface area contributed by atoms with Crippen molar-refractivity contribution in [2.24, 2.45) is 5.92 Å². The molecule has 0 spiro atoms. The third kappa shape index (κ3) is 4.58. The van der Waals surface area contributed by atoms with Crippen LogP contribution in [0, 0.1) is 5.92 Å². The lowest BCUT2D eigenvalue weighted by Crippen LogP contribution is -2.33. The maximum absolute atomic E-state index is 12.0. The molecule has 5 nitrogen and oxygen atoms in total. The van der Waals surface area contributed by atoms with Crippen LogP contribution >= 0.6 is 27.7 Å². The van der Waals surface area contributed by atoms with Crippen molar-refractivity contribution in [3.63, 3.8) is 0 Å². The highest BCUT2D eigenvalue weighted by Crippen LogP contribution is 2.30. The Morgan fingerprint density at radius 1 is 1.32 bits per heavy atom. The molecule has 0 saturated heterocycles. The number of benzene rings is 1. The average molecular weight is 384 g/mol. The Labute approximate surface area is 142 Å². The fourth-order valence-electron chi connectivity index (χ4n) is 1.65. The maximum Gasteiger partial charge on any atom is 0.277 e. The van der Waals surface area contributed by atoms with E-state index in [1.807, 2.05) is 31.2 Å². The lowest BCUT2D eigenvalue weighted by Gasteiger charge is -2.11. The van der Waals surface area contributed by atoms with E-state index < -0.39 is 0 Å². The molecule has 0 radical (unpaired) electrons. The predicted molar refractivity (Wildman–Crippen MR) is 90.6 cm³/mol. The summed E-state index contributed by atoms with van der Waals surface area (Å²) in [4.78, 5) is 12.0. The van der Waals surface area contributed by atoms with Gasteiger partial charge in [-0.2, -0.15) is 0 Å². The molecule has 0 fully saturated rings. The van der Waals surface area contributed by atoms with Gasteiger partial charge in [-0.25, -0.2) is 0 Å². The molecular weight excluding hydrogens is 366 g/mol. The molecule has 0 unspecified atom stereocenters. The van der Waals surface area contributed by atoms with E-state index >= 15 is 0 Å². The van der Waals surface area contributed by atoms with E-state index in [0.29, 0.717) is 23.6 Å². The summed E-state index contributed by atoms with van der Waals surface area (Å²) < 4.78 is 6.51. The number of rotatable bonds is 6. The zero-order chi connectivity index (χ0) is 16.1. The molecule has 0 aliphatic rings. The van der Waals surface area contributed by atoms with Crippen LogP contribution in [0.2, 0.25) is 0 Å². The Bertz CT molecular complexity index is 645. The second kappa shape index (κ2) is 7.78. The molecule has 2 aromatic rings. The summed E-state index contributed by atoms with van der Waals surface area (Å²) in [7, 11) is 0. The summed E-state index contributed by atoms with van der Waals surface area (Å²) in [5, 5.41) is 11.0. The molecular formula is C15H18BrN3O2S. The van der Waals surface area contributed by atoms with Crippen LogP contribution in [-0.4, -0.2) is 27.9 Å². The van der Waals surface area contributed by atoms with E-state index in [9.17, 15) is 4.79 Å². The number of nitrogens with zero attached hydrogens (tertiary/aromatic N) is 2. The minimum atomic E-state index is -0.286. The highest BCUT2D eigenvalue weighted by Gasteiger charge is 2.19. The van der Waals surface area contributed by atoms with Gasteiger partial charge in [0, 0.05) is 11.0 Å². The van der Waals surface area contributed by atoms with Crippen LogP contribution in [0.25, 0.3) is 11.5 Å². The number of hydrogen-bond acceptors (Lipinski definition) is 5. The summed E-state index contributed by atoms with van der Waals surface area (Å²) in [6.45, 7) is 6.60. The average Bonchev–Trinajstić information content (AvgIpc) is 2.93. The second-order valence-corrected chi connectivity index (χ2v) is 7.40. The SMILES string of the molecule is CC(C)CNC(=O)[C@@H](C)Sc1nnc(-c2ccccc2Br)o1. The molecule has 1 aromatic carbocycles. The highest BCUT2D eigenvalue weighted by molar-refractivity contribution is 9.10. The van der Waals surface area contributed by atoms with Gasteiger partial charge in [0.2, 0.25) is 11.8 Å². The number of carbonyl (C=O) groups is 1. The van der Waals surface area contributed by atoms with Gasteiger partial charge < -0.3 is 9.73 Å². The molecule has 1 heterocycles. The van der Waals surface area contributed by atoms with E-state index in [4.69, 9.17) is 4.42 Å². The lowest BCUT2D eigenvalue weighted by molar-refractivity contribution is -0.120. The molecule has 1 N–H and O–H groups in total. The number of hydrogen-bond donors (Lipinski definition) is 1. The Hall–Kier alpha value is -1.34. The molecule has 0 saturated carbocycles. The van der Waals surface area contributed by atoms with Gasteiger partial charge in [-0.1, -0.05) is 37.7 Å². The standard InChI is InChI=1S/C15H18BrN3O2S/c1-9(2)8-17-13(20)10(3)22-15-19-18-14(21-15)11-6-4-5-7-12(11)16/h4-7,9-10H,8H2,1-3H3,(H,17,20)/t10-/m1/s1. The zero-order valence-electron chi connectivity index (χ0n) is 12.7. The van der Waals surface area contributed by atoms with Crippen molar-refractivity contribution in [1.82, 2.24) is 15.5 Å². The Kier molecular flexibility index (Phi) is 6.02. The van der Waals surface area contributed by atoms with E-state index in [1.54, 1.807) is 0 Å². The topological polar surface area (TPSA) is 68.0 Å². The van der Waals surface area contributed by atoms with Crippen molar-refractivity contribution >= 4 is 33.6 Å². The minimum Gasteiger partial charge on any atom is -0.411 e. The summed E-state index contributed by atoms with van der Waals surface area (Å²) in [5.41, 5.74) is 0.832. The van der Waals surface area contributed by atoms with Gasteiger partial charge in [0.15, 0.2) is 0 Å². The number of aromatic nitrogens is 2. The van der Waals surface area contributed by atoms with Crippen LogP contribution in [0.5, 0.6) is 0 Å². The van der Waals surface area contributed by atoms with Crippen molar-refractivity contribution < 1.29 is 9.21 Å². The van der Waals surface area contributed by atoms with Gasteiger partial charge >= 0.3 is 0 Å². The first-order valence-electron chi connectivity index (χ1n) is 7.00. The first-order chi connectivity index (χ1) is 10.5. The highest BCUT2D eigenvalue weighted by atomic mass is 79.9. The molecule has 1 aromatic heterocycles. The van der Waals surface area contributed by atoms with E-state index in [0.717, 1.165) is 10.0 Å². The van der Waals surface area contributed by atoms with E-state index in [2.05, 4.69) is 45.3 Å². The largest absolute Gasteiger partial charge is 0.411 e. The predicted octanol–water partition coefficient (Wildman–Crippen LogP) is 3.75. The maximum atomic E-state index is 12.0. The zero-order valence-corrected chi connectivity index (χ0v) is 15.1. The molecule has 118 valence electrons. The Balaban J connectivity index is 2.00. The number of thioether (sulfide) groups is 1. The fraction of sp³-hybridized carbons (Fsp3) is 0.400. The quantitative estimate of drug-likeness (QED) is 0.769. The van der Waals surface area contributed by atoms with E-state index in [-0.39, 0.29) is 11.2 Å². The third-order valence-electron chi connectivity index (χ3n) is 2.84. The van der Waals surface area contributed by atoms with Crippen LogP contribution in [0.1, 0.15) is 20.8 Å². The van der Waals surface area contributed by atoms with Gasteiger partial charge in [-0.15, -0.1) is 10.2 Å². The van der Waals surface area contributed by atoms with Crippen LogP contribution in [-0.2, 0) is 4.79 Å². The first-order valence-corrected chi connectivity index (χ1v) is 8.67. The van der Waals surface area contributed by atoms with Crippen LogP contribution in [0.15, 0.2) is 38.4 Å². The molecule has 1 amide bonds. The Morgan fingerprint density at radius 2 is 2.05 bits per heavy atom. The molecule has 7 heteroatoms. The van der Waals surface area contributed by atoms with Gasteiger partial charge in [-0.3, -0.25) is 4.79 Å². The number of halogens is 1. The summed E-state index contributed by atoms with van der Waals surface area (Å²) >= 11 is 4.71. The summed E-state index contributed by atoms with van der Waals surface area (Å²) in [6, 6.07) is 7.62. The van der Waals surface area contributed by atoms with Crippen molar-refractivity contribution in [3.8, 4) is 11.5 Å². The summed E-state index contributed by atoms with van der Waals surface area (Å²) in [5.74, 6) is 0.829. The molecule has 1 atom stereocenters. The normalized spacial score (nSPS) is 12.4. The van der Waals surface area contributed by atoms with Gasteiger partial charge in [-0.05, 0) is 40.9 Å². The molecule has 2 rings (SSSR count). The molecule has 0 bridgehead atoms. The van der Waals surface area contributed by atoms with Crippen LogP contribution < -0.4 is 5.32 Å². The monoisotopic (exact) mass is 383 g/mol. The smallest absolute Gasteiger partial charge is 0.277 e. The van der Waals surface area contributed by atoms with Crippen molar-refractivity contribution in [3.05, 3.63) is 28.7 Å². The van der Waals surface area contributed by atoms with Gasteiger partial charge in [0.05, 0.1) is 10.8 Å². The van der Waals surface area contributed by atoms with Crippen molar-refractivity contribution in [2.75, 3.05) is 6.54 Å². The molecule has 0 aliphatic carbocycles. The molecule has 0 aliphatic heterocycles. The lowest BCUT2D eigenvalue weighted by atomic mass is 10.2.